The van der Waals surface area contributed by atoms with Crippen LogP contribution in [0.2, 0.25) is 0 Å². The second-order valence-corrected chi connectivity index (χ2v) is 7.93. The van der Waals surface area contributed by atoms with Gasteiger partial charge in [0.05, 0.1) is 12.1 Å². The van der Waals surface area contributed by atoms with Gasteiger partial charge in [-0.3, -0.25) is 4.79 Å². The lowest BCUT2D eigenvalue weighted by molar-refractivity contribution is -0.114. The fourth-order valence-corrected chi connectivity index (χ4v) is 4.51. The van der Waals surface area contributed by atoms with Crippen molar-refractivity contribution < 1.29 is 9.53 Å². The average Bonchev–Trinajstić information content (AvgIpc) is 3.24. The highest BCUT2D eigenvalue weighted by Crippen LogP contribution is 2.32. The van der Waals surface area contributed by atoms with E-state index < -0.39 is 0 Å². The third-order valence-electron chi connectivity index (χ3n) is 5.88. The number of hydrogen-bond acceptors (Lipinski definition) is 6. The van der Waals surface area contributed by atoms with Crippen molar-refractivity contribution in [2.75, 3.05) is 12.4 Å². The SMILES string of the molecule is CC(=O)Nc1cc(OC2CCC3C(C2)N=C(NC2CCCC2)N3C)ccn1. The van der Waals surface area contributed by atoms with Gasteiger partial charge in [-0.05, 0) is 31.7 Å². The molecule has 0 saturated heterocycles. The first-order valence-electron chi connectivity index (χ1n) is 10.1. The number of nitrogens with one attached hydrogen (secondary N) is 2. The molecule has 2 aliphatic carbocycles. The standard InChI is InChI=1S/C20H29N5O2/c1-13(26)22-19-12-16(9-10-21-19)27-15-7-8-18-17(11-15)24-20(25(18)2)23-14-5-3-4-6-14/h9-10,12,14-15,17-18H,3-8,11H2,1-2H3,(H,23,24)(H,21,22,26). The maximum absolute atomic E-state index is 11.2. The quantitative estimate of drug-likeness (QED) is 0.850. The third kappa shape index (κ3) is 4.17. The van der Waals surface area contributed by atoms with Gasteiger partial charge < -0.3 is 20.3 Å². The van der Waals surface area contributed by atoms with Crippen molar-refractivity contribution in [1.82, 2.24) is 15.2 Å². The molecule has 1 aromatic heterocycles. The van der Waals surface area contributed by atoms with E-state index in [-0.39, 0.29) is 18.1 Å². The van der Waals surface area contributed by atoms with Crippen molar-refractivity contribution in [2.24, 2.45) is 4.99 Å². The maximum Gasteiger partial charge on any atom is 0.222 e. The van der Waals surface area contributed by atoms with Crippen LogP contribution in [0.25, 0.3) is 0 Å². The molecule has 7 nitrogen and oxygen atoms in total. The normalized spacial score (nSPS) is 27.9. The van der Waals surface area contributed by atoms with Gasteiger partial charge in [0.15, 0.2) is 5.96 Å². The van der Waals surface area contributed by atoms with Crippen LogP contribution in [0.15, 0.2) is 23.3 Å². The second kappa shape index (κ2) is 7.74. The van der Waals surface area contributed by atoms with Gasteiger partial charge in [0, 0.05) is 38.7 Å². The summed E-state index contributed by atoms with van der Waals surface area (Å²) >= 11 is 0. The van der Waals surface area contributed by atoms with Gasteiger partial charge in [0.2, 0.25) is 5.91 Å². The minimum Gasteiger partial charge on any atom is -0.490 e. The second-order valence-electron chi connectivity index (χ2n) is 7.93. The molecule has 0 bridgehead atoms. The number of aliphatic imine (C=N–C) groups is 1. The van der Waals surface area contributed by atoms with Crippen molar-refractivity contribution in [3.8, 4) is 5.75 Å². The number of carbonyl (C=O) groups is 1. The van der Waals surface area contributed by atoms with Gasteiger partial charge >= 0.3 is 0 Å². The first kappa shape index (κ1) is 18.1. The number of anilines is 1. The molecule has 7 heteroatoms. The highest BCUT2D eigenvalue weighted by Gasteiger charge is 2.40. The summed E-state index contributed by atoms with van der Waals surface area (Å²) < 4.78 is 6.19. The Morgan fingerprint density at radius 2 is 2.07 bits per heavy atom. The number of carbonyl (C=O) groups excluding carboxylic acids is 1. The molecule has 2 heterocycles. The average molecular weight is 371 g/mol. The van der Waals surface area contributed by atoms with E-state index in [0.29, 0.717) is 17.9 Å². The smallest absolute Gasteiger partial charge is 0.222 e. The Morgan fingerprint density at radius 1 is 1.26 bits per heavy atom. The zero-order valence-corrected chi connectivity index (χ0v) is 16.1. The number of amides is 1. The summed E-state index contributed by atoms with van der Waals surface area (Å²) in [4.78, 5) is 22.7. The Balaban J connectivity index is 1.37. The van der Waals surface area contributed by atoms with Gasteiger partial charge in [-0.1, -0.05) is 12.8 Å². The van der Waals surface area contributed by atoms with Crippen LogP contribution >= 0.6 is 0 Å². The third-order valence-corrected chi connectivity index (χ3v) is 5.88. The van der Waals surface area contributed by atoms with E-state index in [1.807, 2.05) is 6.07 Å². The lowest BCUT2D eigenvalue weighted by atomic mass is 9.89. The molecule has 0 aromatic carbocycles. The predicted molar refractivity (Wildman–Crippen MR) is 105 cm³/mol. The van der Waals surface area contributed by atoms with E-state index in [1.165, 1.54) is 32.6 Å². The molecular formula is C20H29N5O2. The number of hydrogen-bond donors (Lipinski definition) is 2. The van der Waals surface area contributed by atoms with E-state index in [9.17, 15) is 4.79 Å². The number of likely N-dealkylation sites (N-methyl/N-ethyl adjacent to an activating group) is 1. The number of guanidine groups is 1. The molecular weight excluding hydrogens is 342 g/mol. The summed E-state index contributed by atoms with van der Waals surface area (Å²) in [6.07, 6.45) is 9.97. The van der Waals surface area contributed by atoms with E-state index in [1.54, 1.807) is 12.3 Å². The van der Waals surface area contributed by atoms with Gasteiger partial charge in [0.25, 0.3) is 0 Å². The van der Waals surface area contributed by atoms with Crippen LogP contribution in [0.1, 0.15) is 51.9 Å². The Morgan fingerprint density at radius 3 is 2.85 bits per heavy atom. The molecule has 3 unspecified atom stereocenters. The predicted octanol–water partition coefficient (Wildman–Crippen LogP) is 2.54. The first-order chi connectivity index (χ1) is 13.1. The highest BCUT2D eigenvalue weighted by molar-refractivity contribution is 5.87. The van der Waals surface area contributed by atoms with E-state index in [2.05, 4.69) is 27.6 Å². The van der Waals surface area contributed by atoms with Crippen molar-refractivity contribution in [1.29, 1.82) is 0 Å². The molecule has 0 spiro atoms. The molecule has 0 radical (unpaired) electrons. The lowest BCUT2D eigenvalue weighted by Crippen LogP contribution is -2.47. The summed E-state index contributed by atoms with van der Waals surface area (Å²) in [7, 11) is 2.16. The highest BCUT2D eigenvalue weighted by atomic mass is 16.5. The number of ether oxygens (including phenoxy) is 1. The summed E-state index contributed by atoms with van der Waals surface area (Å²) in [6.45, 7) is 1.47. The molecule has 2 fully saturated rings. The Labute approximate surface area is 160 Å². The summed E-state index contributed by atoms with van der Waals surface area (Å²) in [5.74, 6) is 2.20. The zero-order valence-electron chi connectivity index (χ0n) is 16.1. The van der Waals surface area contributed by atoms with E-state index in [4.69, 9.17) is 9.73 Å². The molecule has 3 aliphatic rings. The molecule has 2 N–H and O–H groups in total. The van der Waals surface area contributed by atoms with Crippen LogP contribution in [0.3, 0.4) is 0 Å². The molecule has 146 valence electrons. The van der Waals surface area contributed by atoms with Crippen LogP contribution in [-0.2, 0) is 4.79 Å². The summed E-state index contributed by atoms with van der Waals surface area (Å²) in [5, 5.41) is 6.36. The van der Waals surface area contributed by atoms with Crippen LogP contribution in [0.5, 0.6) is 5.75 Å². The van der Waals surface area contributed by atoms with Crippen molar-refractivity contribution in [3.05, 3.63) is 18.3 Å². The topological polar surface area (TPSA) is 78.8 Å². The molecule has 27 heavy (non-hydrogen) atoms. The van der Waals surface area contributed by atoms with Crippen molar-refractivity contribution >= 4 is 17.7 Å². The van der Waals surface area contributed by atoms with Crippen molar-refractivity contribution in [3.63, 3.8) is 0 Å². The molecule has 4 rings (SSSR count). The van der Waals surface area contributed by atoms with Crippen LogP contribution in [-0.4, -0.2) is 53.0 Å². The molecule has 2 saturated carbocycles. The van der Waals surface area contributed by atoms with Gasteiger partial charge in [-0.15, -0.1) is 0 Å². The number of aromatic nitrogens is 1. The molecule has 1 aromatic rings. The van der Waals surface area contributed by atoms with E-state index in [0.717, 1.165) is 31.0 Å². The molecule has 1 amide bonds. The Kier molecular flexibility index (Phi) is 5.18. The number of pyridine rings is 1. The van der Waals surface area contributed by atoms with Crippen molar-refractivity contribution in [2.45, 2.75) is 76.1 Å². The first-order valence-corrected chi connectivity index (χ1v) is 10.1. The molecule has 1 aliphatic heterocycles. The zero-order chi connectivity index (χ0) is 18.8. The number of fused-ring (bicyclic) bond motifs is 1. The van der Waals surface area contributed by atoms with Crippen LogP contribution in [0, 0.1) is 0 Å². The minimum absolute atomic E-state index is 0.134. The monoisotopic (exact) mass is 371 g/mol. The fraction of sp³-hybridized carbons (Fsp3) is 0.650. The van der Waals surface area contributed by atoms with E-state index >= 15 is 0 Å². The summed E-state index contributed by atoms with van der Waals surface area (Å²) in [6, 6.07) is 4.97. The largest absolute Gasteiger partial charge is 0.490 e. The lowest BCUT2D eigenvalue weighted by Gasteiger charge is -2.34. The number of nitrogens with zero attached hydrogens (tertiary/aromatic N) is 3. The fourth-order valence-electron chi connectivity index (χ4n) is 4.51. The maximum atomic E-state index is 11.2. The van der Waals surface area contributed by atoms with Gasteiger partial charge in [-0.2, -0.15) is 0 Å². The van der Waals surface area contributed by atoms with Crippen LogP contribution < -0.4 is 15.4 Å². The van der Waals surface area contributed by atoms with Gasteiger partial charge in [-0.25, -0.2) is 9.98 Å². The molecule has 3 atom stereocenters. The Bertz CT molecular complexity index is 716. The minimum atomic E-state index is -0.134. The number of rotatable bonds is 4. The Hall–Kier alpha value is -2.31. The van der Waals surface area contributed by atoms with Crippen LogP contribution in [0.4, 0.5) is 5.82 Å². The van der Waals surface area contributed by atoms with Gasteiger partial charge in [0.1, 0.15) is 17.7 Å². The summed E-state index contributed by atoms with van der Waals surface area (Å²) in [5.41, 5.74) is 0.